The minimum Gasteiger partial charge on any atom is -0.376 e. The molecule has 3 aromatic rings. The van der Waals surface area contributed by atoms with Crippen molar-refractivity contribution in [3.05, 3.63) is 56.9 Å². The molecule has 0 saturated heterocycles. The van der Waals surface area contributed by atoms with Gasteiger partial charge < -0.3 is 5.32 Å². The molecule has 3 N–H and O–H groups in total. The second-order valence-electron chi connectivity index (χ2n) is 5.82. The van der Waals surface area contributed by atoms with Crippen molar-refractivity contribution < 1.29 is 9.59 Å². The van der Waals surface area contributed by atoms with Crippen LogP contribution in [0.3, 0.4) is 0 Å². The maximum Gasteiger partial charge on any atom is 0.289 e. The van der Waals surface area contributed by atoms with Gasteiger partial charge in [-0.05, 0) is 37.6 Å². The Morgan fingerprint density at radius 1 is 1.15 bits per heavy atom. The first-order valence-electron chi connectivity index (χ1n) is 8.04. The molecule has 140 valence electrons. The number of rotatable bonds is 5. The molecule has 0 atom stereocenters. The summed E-state index contributed by atoms with van der Waals surface area (Å²) in [7, 11) is 0. The van der Waals surface area contributed by atoms with Gasteiger partial charge >= 0.3 is 0 Å². The number of hydrogen-bond acceptors (Lipinski definition) is 6. The van der Waals surface area contributed by atoms with Crippen LogP contribution in [0.25, 0.3) is 9.88 Å². The van der Waals surface area contributed by atoms with Gasteiger partial charge in [-0.25, -0.2) is 4.98 Å². The molecule has 27 heavy (non-hydrogen) atoms. The minimum atomic E-state index is -0.472. The highest BCUT2D eigenvalue weighted by atomic mass is 35.5. The molecule has 0 saturated carbocycles. The molecule has 1 aromatic carbocycles. The Morgan fingerprint density at radius 2 is 1.96 bits per heavy atom. The number of aryl methyl sites for hydroxylation is 2. The molecule has 3 rings (SSSR count). The molecular formula is C18H17ClN4O2S2. The molecule has 0 bridgehead atoms. The lowest BCUT2D eigenvalue weighted by Gasteiger charge is -2.10. The first-order valence-corrected chi connectivity index (χ1v) is 10.1. The van der Waals surface area contributed by atoms with Crippen molar-refractivity contribution in [2.45, 2.75) is 13.8 Å². The largest absolute Gasteiger partial charge is 0.376 e. The van der Waals surface area contributed by atoms with E-state index < -0.39 is 5.91 Å². The van der Waals surface area contributed by atoms with Crippen molar-refractivity contribution in [3.63, 3.8) is 0 Å². The third-order valence-corrected chi connectivity index (χ3v) is 5.90. The van der Waals surface area contributed by atoms with Crippen LogP contribution in [0.5, 0.6) is 0 Å². The molecule has 6 nitrogen and oxygen atoms in total. The normalized spacial score (nSPS) is 10.5. The van der Waals surface area contributed by atoms with Crippen LogP contribution in [0.1, 0.15) is 21.6 Å². The third kappa shape index (κ3) is 5.06. The van der Waals surface area contributed by atoms with Gasteiger partial charge in [-0.2, -0.15) is 0 Å². The highest BCUT2D eigenvalue weighted by Gasteiger charge is 2.14. The van der Waals surface area contributed by atoms with Crippen LogP contribution < -0.4 is 16.2 Å². The Kier molecular flexibility index (Phi) is 6.10. The highest BCUT2D eigenvalue weighted by molar-refractivity contribution is 7.23. The standard InChI is InChI=1S/C18H17ClN4O2S2/c1-10-3-4-12(11(2)7-10)20-8-16(24)22-23-17(25)13-9-26-18(21-13)14-5-6-15(19)27-14/h3-7,9,20H,8H2,1-2H3,(H,22,24)(H,23,25). The molecule has 2 heterocycles. The monoisotopic (exact) mass is 420 g/mol. The highest BCUT2D eigenvalue weighted by Crippen LogP contribution is 2.32. The van der Waals surface area contributed by atoms with Crippen LogP contribution in [-0.4, -0.2) is 23.3 Å². The Balaban J connectivity index is 1.50. The predicted molar refractivity (Wildman–Crippen MR) is 110 cm³/mol. The number of nitrogens with zero attached hydrogens (tertiary/aromatic N) is 1. The summed E-state index contributed by atoms with van der Waals surface area (Å²) in [4.78, 5) is 29.3. The van der Waals surface area contributed by atoms with Crippen LogP contribution in [0.15, 0.2) is 35.7 Å². The Morgan fingerprint density at radius 3 is 2.67 bits per heavy atom. The van der Waals surface area contributed by atoms with E-state index in [4.69, 9.17) is 11.6 Å². The van der Waals surface area contributed by atoms with Gasteiger partial charge in [-0.1, -0.05) is 29.3 Å². The number of hydrazine groups is 1. The number of amides is 2. The molecule has 9 heteroatoms. The number of carbonyl (C=O) groups is 2. The van der Waals surface area contributed by atoms with Gasteiger partial charge in [-0.15, -0.1) is 22.7 Å². The lowest BCUT2D eigenvalue weighted by molar-refractivity contribution is -0.120. The summed E-state index contributed by atoms with van der Waals surface area (Å²) in [5.74, 6) is -0.830. The zero-order chi connectivity index (χ0) is 19.4. The van der Waals surface area contributed by atoms with Gasteiger partial charge in [0.2, 0.25) is 0 Å². The molecule has 0 fully saturated rings. The van der Waals surface area contributed by atoms with Crippen LogP contribution in [0, 0.1) is 13.8 Å². The summed E-state index contributed by atoms with van der Waals surface area (Å²) < 4.78 is 0.662. The number of benzene rings is 1. The van der Waals surface area contributed by atoms with Crippen LogP contribution >= 0.6 is 34.3 Å². The molecule has 2 aromatic heterocycles. The van der Waals surface area contributed by atoms with Crippen LogP contribution in [0.2, 0.25) is 4.34 Å². The maximum atomic E-state index is 12.1. The molecule has 0 aliphatic rings. The second kappa shape index (κ2) is 8.51. The van der Waals surface area contributed by atoms with Gasteiger partial charge in [0.1, 0.15) is 10.7 Å². The van der Waals surface area contributed by atoms with E-state index in [1.807, 2.05) is 38.1 Å². The van der Waals surface area contributed by atoms with Crippen LogP contribution in [-0.2, 0) is 4.79 Å². The number of nitrogens with one attached hydrogen (secondary N) is 3. The first-order chi connectivity index (χ1) is 12.9. The van der Waals surface area contributed by atoms with E-state index in [9.17, 15) is 9.59 Å². The zero-order valence-corrected chi connectivity index (χ0v) is 17.0. The lowest BCUT2D eigenvalue weighted by atomic mass is 10.1. The summed E-state index contributed by atoms with van der Waals surface area (Å²) in [6.07, 6.45) is 0. The van der Waals surface area contributed by atoms with E-state index in [1.54, 1.807) is 11.4 Å². The fraction of sp³-hybridized carbons (Fsp3) is 0.167. The molecule has 0 aliphatic carbocycles. The van der Waals surface area contributed by atoms with E-state index >= 15 is 0 Å². The smallest absolute Gasteiger partial charge is 0.289 e. The van der Waals surface area contributed by atoms with Gasteiger partial charge in [0.15, 0.2) is 0 Å². The van der Waals surface area contributed by atoms with E-state index in [0.717, 1.165) is 21.7 Å². The molecule has 0 aliphatic heterocycles. The minimum absolute atomic E-state index is 0.0419. The van der Waals surface area contributed by atoms with Crippen molar-refractivity contribution in [1.29, 1.82) is 0 Å². The average molecular weight is 421 g/mol. The Labute approximate surface area is 169 Å². The summed E-state index contributed by atoms with van der Waals surface area (Å²) in [5, 5.41) is 5.39. The van der Waals surface area contributed by atoms with Gasteiger partial charge in [0, 0.05) is 11.1 Å². The summed E-state index contributed by atoms with van der Waals surface area (Å²) >= 11 is 8.66. The average Bonchev–Trinajstić information content (AvgIpc) is 3.28. The first kappa shape index (κ1) is 19.3. The number of anilines is 1. The van der Waals surface area contributed by atoms with Crippen molar-refractivity contribution in [2.24, 2.45) is 0 Å². The van der Waals surface area contributed by atoms with Crippen LogP contribution in [0.4, 0.5) is 5.69 Å². The van der Waals surface area contributed by atoms with E-state index in [2.05, 4.69) is 21.2 Å². The Bertz CT molecular complexity index is 983. The number of aromatic nitrogens is 1. The van der Waals surface area contributed by atoms with Gasteiger partial charge in [-0.3, -0.25) is 20.4 Å². The van der Waals surface area contributed by atoms with Crippen molar-refractivity contribution >= 4 is 51.8 Å². The molecule has 0 unspecified atom stereocenters. The van der Waals surface area contributed by atoms with E-state index in [1.165, 1.54) is 22.7 Å². The second-order valence-corrected chi connectivity index (χ2v) is 8.39. The zero-order valence-electron chi connectivity index (χ0n) is 14.6. The quantitative estimate of drug-likeness (QED) is 0.544. The fourth-order valence-electron chi connectivity index (χ4n) is 2.34. The van der Waals surface area contributed by atoms with E-state index in [0.29, 0.717) is 9.34 Å². The number of carbonyl (C=O) groups excluding carboxylic acids is 2. The molecule has 0 radical (unpaired) electrons. The van der Waals surface area contributed by atoms with Crippen molar-refractivity contribution in [3.8, 4) is 9.88 Å². The SMILES string of the molecule is Cc1ccc(NCC(=O)NNC(=O)c2csc(-c3ccc(Cl)s3)n2)c(C)c1. The number of hydrogen-bond donors (Lipinski definition) is 3. The van der Waals surface area contributed by atoms with Gasteiger partial charge in [0.05, 0.1) is 15.8 Å². The van der Waals surface area contributed by atoms with Crippen molar-refractivity contribution in [2.75, 3.05) is 11.9 Å². The third-order valence-electron chi connectivity index (χ3n) is 3.66. The lowest BCUT2D eigenvalue weighted by Crippen LogP contribution is -2.44. The summed E-state index contributed by atoms with van der Waals surface area (Å²) in [6.45, 7) is 4.02. The van der Waals surface area contributed by atoms with E-state index in [-0.39, 0.29) is 18.1 Å². The molecular weight excluding hydrogens is 404 g/mol. The number of thiophene rings is 1. The number of halogens is 1. The molecule has 2 amide bonds. The van der Waals surface area contributed by atoms with Gasteiger partial charge in [0.25, 0.3) is 11.8 Å². The maximum absolute atomic E-state index is 12.1. The topological polar surface area (TPSA) is 83.1 Å². The predicted octanol–water partition coefficient (Wildman–Crippen LogP) is 4.01. The summed E-state index contributed by atoms with van der Waals surface area (Å²) in [6, 6.07) is 9.56. The Hall–Kier alpha value is -2.42. The summed E-state index contributed by atoms with van der Waals surface area (Å²) in [5.41, 5.74) is 8.07. The van der Waals surface area contributed by atoms with Crippen molar-refractivity contribution in [1.82, 2.24) is 15.8 Å². The number of thiazole rings is 1. The molecule has 0 spiro atoms. The fourth-order valence-corrected chi connectivity index (χ4v) is 4.26.